The van der Waals surface area contributed by atoms with Gasteiger partial charge in [-0.15, -0.1) is 0 Å². The largest absolute Gasteiger partial charge is 0.462 e. The van der Waals surface area contributed by atoms with E-state index >= 15 is 0 Å². The van der Waals surface area contributed by atoms with Crippen molar-refractivity contribution in [3.05, 3.63) is 23.3 Å². The van der Waals surface area contributed by atoms with E-state index < -0.39 is 0 Å². The average molecular weight is 659 g/mol. The molecule has 8 rings (SSSR count). The average Bonchev–Trinajstić information content (AvgIpc) is 3.56. The predicted molar refractivity (Wildman–Crippen MR) is 182 cm³/mol. The molecule has 48 heavy (non-hydrogen) atoms. The summed E-state index contributed by atoms with van der Waals surface area (Å²) in [5.41, 5.74) is 3.06. The Morgan fingerprint density at radius 1 is 0.562 bits per heavy atom. The van der Waals surface area contributed by atoms with E-state index in [1.807, 2.05) is 12.2 Å². The summed E-state index contributed by atoms with van der Waals surface area (Å²) in [4.78, 5) is 50.8. The maximum atomic E-state index is 13.2. The first-order valence-corrected chi connectivity index (χ1v) is 19.7. The Hall–Kier alpha value is -2.24. The fourth-order valence-corrected chi connectivity index (χ4v) is 14.0. The second-order valence-electron chi connectivity index (χ2n) is 18.6. The molecule has 0 aromatic rings. The van der Waals surface area contributed by atoms with Gasteiger partial charge in [0, 0.05) is 23.7 Å². The standard InChI is InChI=1S/C42H58O6/c1-39-19-15-27(43)23-25(39)5-7-29-31-9-11-35(41(31,3)21-17-33(29)39)47-37(45)13-14-38(46)48-36-12-10-32-30-8-6-26-24-28(44)16-20-40(26,2)34(30)18-22-42(32,36)4/h23-24,29-36H,5-22H2,1-4H3/t29?,30?,31?,32?,33?,34?,35-,36-,39-,40-,41-,42-/m0/s1. The van der Waals surface area contributed by atoms with Crippen molar-refractivity contribution in [3.63, 3.8) is 0 Å². The van der Waals surface area contributed by atoms with E-state index in [-0.39, 0.29) is 58.6 Å². The van der Waals surface area contributed by atoms with Crippen molar-refractivity contribution in [3.8, 4) is 0 Å². The Morgan fingerprint density at radius 2 is 0.979 bits per heavy atom. The molecule has 6 nitrogen and oxygen atoms in total. The Morgan fingerprint density at radius 3 is 1.40 bits per heavy atom. The number of rotatable bonds is 5. The number of hydrogen-bond acceptors (Lipinski definition) is 6. The van der Waals surface area contributed by atoms with E-state index in [9.17, 15) is 19.2 Å². The van der Waals surface area contributed by atoms with Crippen molar-refractivity contribution in [2.45, 2.75) is 155 Å². The predicted octanol–water partition coefficient (Wildman–Crippen LogP) is 8.65. The van der Waals surface area contributed by atoms with Crippen LogP contribution in [0.1, 0.15) is 143 Å². The van der Waals surface area contributed by atoms with Crippen LogP contribution in [-0.4, -0.2) is 35.7 Å². The summed E-state index contributed by atoms with van der Waals surface area (Å²) in [6.45, 7) is 9.54. The molecule has 0 aromatic heterocycles. The molecule has 12 atom stereocenters. The van der Waals surface area contributed by atoms with Gasteiger partial charge in [-0.2, -0.15) is 0 Å². The van der Waals surface area contributed by atoms with Gasteiger partial charge in [0.2, 0.25) is 0 Å². The molecule has 0 aromatic carbocycles. The third-order valence-electron chi connectivity index (χ3n) is 16.8. The summed E-state index contributed by atoms with van der Waals surface area (Å²) in [7, 11) is 0. The zero-order valence-corrected chi connectivity index (χ0v) is 30.0. The lowest BCUT2D eigenvalue weighted by molar-refractivity contribution is -0.166. The summed E-state index contributed by atoms with van der Waals surface area (Å²) >= 11 is 0. The molecule has 6 saturated carbocycles. The molecular weight excluding hydrogens is 600 g/mol. The zero-order valence-electron chi connectivity index (χ0n) is 30.0. The monoisotopic (exact) mass is 658 g/mol. The molecule has 0 spiro atoms. The maximum Gasteiger partial charge on any atom is 0.306 e. The lowest BCUT2D eigenvalue weighted by Crippen LogP contribution is -2.51. The van der Waals surface area contributed by atoms with Gasteiger partial charge in [0.15, 0.2) is 11.6 Å². The smallest absolute Gasteiger partial charge is 0.306 e. The van der Waals surface area contributed by atoms with Gasteiger partial charge in [-0.05, 0) is 148 Å². The van der Waals surface area contributed by atoms with Gasteiger partial charge in [-0.3, -0.25) is 19.2 Å². The molecule has 0 radical (unpaired) electrons. The highest BCUT2D eigenvalue weighted by Crippen LogP contribution is 2.67. The molecule has 0 saturated heterocycles. The minimum absolute atomic E-state index is 0.00834. The Balaban J connectivity index is 0.848. The van der Waals surface area contributed by atoms with Crippen molar-refractivity contribution in [2.24, 2.45) is 57.2 Å². The Labute approximate surface area is 287 Å². The molecule has 0 N–H and O–H groups in total. The van der Waals surface area contributed by atoms with Crippen LogP contribution in [0.15, 0.2) is 23.3 Å². The first kappa shape index (κ1) is 32.9. The Bertz CT molecular complexity index is 1350. The molecule has 0 amide bonds. The van der Waals surface area contributed by atoms with Crippen LogP contribution in [0, 0.1) is 57.2 Å². The lowest BCUT2D eigenvalue weighted by Gasteiger charge is -2.57. The highest BCUT2D eigenvalue weighted by Gasteiger charge is 2.61. The van der Waals surface area contributed by atoms with Crippen molar-refractivity contribution in [1.82, 2.24) is 0 Å². The molecule has 0 bridgehead atoms. The van der Waals surface area contributed by atoms with Crippen LogP contribution in [0.2, 0.25) is 0 Å². The van der Waals surface area contributed by atoms with E-state index in [0.717, 1.165) is 89.9 Å². The number of allylic oxidation sites excluding steroid dienone is 2. The zero-order chi connectivity index (χ0) is 33.6. The molecular formula is C42H58O6. The molecule has 262 valence electrons. The van der Waals surface area contributed by atoms with E-state index in [1.54, 1.807) is 0 Å². The number of carbonyl (C=O) groups is 4. The topological polar surface area (TPSA) is 86.7 Å². The van der Waals surface area contributed by atoms with Crippen molar-refractivity contribution in [2.75, 3.05) is 0 Å². The minimum atomic E-state index is -0.256. The van der Waals surface area contributed by atoms with Gasteiger partial charge in [0.25, 0.3) is 0 Å². The third kappa shape index (κ3) is 4.98. The van der Waals surface area contributed by atoms with E-state index in [0.29, 0.717) is 59.9 Å². The normalized spacial score (nSPS) is 47.7. The summed E-state index contributed by atoms with van der Waals surface area (Å²) < 4.78 is 12.5. The summed E-state index contributed by atoms with van der Waals surface area (Å²) in [5.74, 6) is 3.70. The van der Waals surface area contributed by atoms with Crippen LogP contribution in [0.5, 0.6) is 0 Å². The van der Waals surface area contributed by atoms with Gasteiger partial charge in [0.1, 0.15) is 12.2 Å². The number of carbonyl (C=O) groups excluding carboxylic acids is 4. The number of ether oxygens (including phenoxy) is 2. The van der Waals surface area contributed by atoms with Crippen LogP contribution in [0.4, 0.5) is 0 Å². The number of ketones is 2. The first-order valence-electron chi connectivity index (χ1n) is 19.7. The van der Waals surface area contributed by atoms with Crippen LogP contribution < -0.4 is 0 Å². The molecule has 0 heterocycles. The van der Waals surface area contributed by atoms with Gasteiger partial charge in [-0.1, -0.05) is 38.8 Å². The minimum Gasteiger partial charge on any atom is -0.462 e. The summed E-state index contributed by atoms with van der Waals surface area (Å²) in [6.07, 6.45) is 20.1. The van der Waals surface area contributed by atoms with E-state index in [2.05, 4.69) is 27.7 Å². The van der Waals surface area contributed by atoms with Crippen molar-refractivity contribution in [1.29, 1.82) is 0 Å². The SMILES string of the molecule is C[C@]12CCC(=O)C=C1CCC1C2CC[C@@]2(C)C1CC[C@@H]2OC(=O)CCC(=O)O[C@H]1CCC2C3CCC4=CC(=O)CC[C@]4(C)C3CC[C@@]21C. The number of esters is 2. The highest BCUT2D eigenvalue weighted by molar-refractivity contribution is 5.92. The highest BCUT2D eigenvalue weighted by atomic mass is 16.6. The van der Waals surface area contributed by atoms with Crippen molar-refractivity contribution >= 4 is 23.5 Å². The first-order chi connectivity index (χ1) is 22.8. The fraction of sp³-hybridized carbons (Fsp3) is 0.810. The molecule has 6 fully saturated rings. The van der Waals surface area contributed by atoms with Crippen LogP contribution in [0.3, 0.4) is 0 Å². The molecule has 8 aliphatic rings. The Kier molecular flexibility index (Phi) is 8.00. The maximum absolute atomic E-state index is 13.2. The molecule has 6 heteroatoms. The molecule has 0 aliphatic heterocycles. The van der Waals surface area contributed by atoms with Gasteiger partial charge in [0.05, 0.1) is 12.8 Å². The molecule has 8 aliphatic carbocycles. The quantitative estimate of drug-likeness (QED) is 0.275. The van der Waals surface area contributed by atoms with Crippen molar-refractivity contribution < 1.29 is 28.7 Å². The van der Waals surface area contributed by atoms with Gasteiger partial charge >= 0.3 is 11.9 Å². The van der Waals surface area contributed by atoms with Gasteiger partial charge in [-0.25, -0.2) is 0 Å². The lowest BCUT2D eigenvalue weighted by atomic mass is 9.47. The summed E-state index contributed by atoms with van der Waals surface area (Å²) in [6, 6.07) is 0. The second-order valence-corrected chi connectivity index (χ2v) is 18.6. The number of hydrogen-bond donors (Lipinski definition) is 0. The summed E-state index contributed by atoms with van der Waals surface area (Å²) in [5, 5.41) is 0. The van der Waals surface area contributed by atoms with E-state index in [4.69, 9.17) is 9.47 Å². The van der Waals surface area contributed by atoms with Gasteiger partial charge < -0.3 is 9.47 Å². The van der Waals surface area contributed by atoms with Crippen LogP contribution in [-0.2, 0) is 28.7 Å². The van der Waals surface area contributed by atoms with Crippen LogP contribution >= 0.6 is 0 Å². The number of fused-ring (bicyclic) bond motifs is 10. The van der Waals surface area contributed by atoms with Crippen LogP contribution in [0.25, 0.3) is 0 Å². The third-order valence-corrected chi connectivity index (χ3v) is 16.8. The molecule has 6 unspecified atom stereocenters. The van der Waals surface area contributed by atoms with E-state index in [1.165, 1.54) is 11.1 Å². The second kappa shape index (κ2) is 11.7. The fourth-order valence-electron chi connectivity index (χ4n) is 14.0.